The Balaban J connectivity index is 2.28. The highest BCUT2D eigenvalue weighted by atomic mass is 16.6. The number of aromatic nitrogens is 2. The van der Waals surface area contributed by atoms with Gasteiger partial charge in [-0.2, -0.15) is 5.10 Å². The van der Waals surface area contributed by atoms with Crippen molar-refractivity contribution < 1.29 is 19.6 Å². The molecule has 0 aliphatic rings. The molecule has 0 aliphatic carbocycles. The van der Waals surface area contributed by atoms with Gasteiger partial charge in [0.05, 0.1) is 16.9 Å². The van der Waals surface area contributed by atoms with E-state index in [4.69, 9.17) is 5.11 Å². The average molecular weight is 360 g/mol. The first-order valence-corrected chi connectivity index (χ1v) is 7.98. The molecule has 9 heteroatoms. The number of nitrogens with one attached hydrogen (secondary N) is 1. The highest BCUT2D eigenvalue weighted by molar-refractivity contribution is 5.93. The molecule has 2 rings (SSSR count). The van der Waals surface area contributed by atoms with Crippen LogP contribution in [0.1, 0.15) is 37.7 Å². The summed E-state index contributed by atoms with van der Waals surface area (Å²) in [5.41, 5.74) is -0.819. The van der Waals surface area contributed by atoms with Crippen LogP contribution in [-0.4, -0.2) is 37.2 Å². The van der Waals surface area contributed by atoms with E-state index in [0.29, 0.717) is 0 Å². The van der Waals surface area contributed by atoms with Gasteiger partial charge in [0, 0.05) is 12.3 Å². The monoisotopic (exact) mass is 360 g/mol. The van der Waals surface area contributed by atoms with Crippen molar-refractivity contribution in [3.63, 3.8) is 0 Å². The summed E-state index contributed by atoms with van der Waals surface area (Å²) in [6.45, 7) is 5.28. The fourth-order valence-electron chi connectivity index (χ4n) is 2.42. The Hall–Kier alpha value is -3.23. The zero-order valence-corrected chi connectivity index (χ0v) is 14.7. The summed E-state index contributed by atoms with van der Waals surface area (Å²) in [6.07, 6.45) is 1.21. The van der Waals surface area contributed by atoms with Gasteiger partial charge >= 0.3 is 5.97 Å². The van der Waals surface area contributed by atoms with Crippen LogP contribution in [0.2, 0.25) is 0 Å². The lowest BCUT2D eigenvalue weighted by Gasteiger charge is -2.33. The quantitative estimate of drug-likeness (QED) is 0.576. The predicted octanol–water partition coefficient (Wildman–Crippen LogP) is 2.40. The van der Waals surface area contributed by atoms with Crippen LogP contribution in [0.5, 0.6) is 0 Å². The third kappa shape index (κ3) is 4.05. The highest BCUT2D eigenvalue weighted by Crippen LogP contribution is 2.23. The minimum Gasteiger partial charge on any atom is -0.481 e. The first-order chi connectivity index (χ1) is 12.1. The van der Waals surface area contributed by atoms with Gasteiger partial charge in [-0.3, -0.25) is 19.7 Å². The summed E-state index contributed by atoms with van der Waals surface area (Å²) in [4.78, 5) is 34.2. The van der Waals surface area contributed by atoms with E-state index < -0.39 is 22.3 Å². The molecule has 1 heterocycles. The van der Waals surface area contributed by atoms with Crippen molar-refractivity contribution in [2.45, 2.75) is 32.7 Å². The lowest BCUT2D eigenvalue weighted by molar-refractivity contribution is -0.384. The summed E-state index contributed by atoms with van der Waals surface area (Å²) < 4.78 is 1.25. The Bertz CT molecular complexity index is 845. The Morgan fingerprint density at radius 3 is 2.58 bits per heavy atom. The van der Waals surface area contributed by atoms with E-state index in [-0.39, 0.29) is 29.4 Å². The second-order valence-electron chi connectivity index (χ2n) is 6.49. The number of nitro groups is 1. The maximum absolute atomic E-state index is 12.5. The van der Waals surface area contributed by atoms with Gasteiger partial charge < -0.3 is 10.4 Å². The molecule has 26 heavy (non-hydrogen) atoms. The van der Waals surface area contributed by atoms with Crippen LogP contribution < -0.4 is 5.32 Å². The fourth-order valence-corrected chi connectivity index (χ4v) is 2.42. The molecule has 138 valence electrons. The summed E-state index contributed by atoms with van der Waals surface area (Å²) in [5, 5.41) is 27.0. The molecule has 0 saturated carbocycles. The van der Waals surface area contributed by atoms with Crippen LogP contribution in [0.3, 0.4) is 0 Å². The van der Waals surface area contributed by atoms with Gasteiger partial charge in [-0.1, -0.05) is 26.0 Å². The molecule has 0 saturated heterocycles. The number of nitro benzene ring substituents is 1. The molecule has 2 N–H and O–H groups in total. The van der Waals surface area contributed by atoms with Gasteiger partial charge in [-0.25, -0.2) is 4.68 Å². The molecule has 0 radical (unpaired) electrons. The van der Waals surface area contributed by atoms with Crippen LogP contribution >= 0.6 is 0 Å². The van der Waals surface area contributed by atoms with E-state index in [1.165, 1.54) is 29.1 Å². The van der Waals surface area contributed by atoms with Crippen molar-refractivity contribution in [2.24, 2.45) is 5.92 Å². The van der Waals surface area contributed by atoms with E-state index in [9.17, 15) is 19.7 Å². The largest absolute Gasteiger partial charge is 0.481 e. The highest BCUT2D eigenvalue weighted by Gasteiger charge is 2.33. The van der Waals surface area contributed by atoms with E-state index in [1.807, 2.05) is 13.8 Å². The number of hydrogen-bond donors (Lipinski definition) is 2. The normalized spacial score (nSPS) is 13.2. The van der Waals surface area contributed by atoms with Crippen LogP contribution in [-0.2, 0) is 4.79 Å². The van der Waals surface area contributed by atoms with E-state index >= 15 is 0 Å². The van der Waals surface area contributed by atoms with Crippen LogP contribution in [0, 0.1) is 16.0 Å². The van der Waals surface area contributed by atoms with Crippen molar-refractivity contribution in [2.75, 3.05) is 0 Å². The van der Waals surface area contributed by atoms with Crippen molar-refractivity contribution >= 4 is 17.6 Å². The minimum absolute atomic E-state index is 0.0421. The molecule has 0 bridgehead atoms. The van der Waals surface area contributed by atoms with Gasteiger partial charge in [0.15, 0.2) is 5.69 Å². The Labute approximate surface area is 149 Å². The van der Waals surface area contributed by atoms with Crippen molar-refractivity contribution in [1.29, 1.82) is 0 Å². The number of rotatable bonds is 7. The molecule has 0 spiro atoms. The summed E-state index contributed by atoms with van der Waals surface area (Å²) in [5.74, 6) is -1.69. The second-order valence-corrected chi connectivity index (χ2v) is 6.49. The Kier molecular flexibility index (Phi) is 5.39. The first kappa shape index (κ1) is 19.1. The molecule has 0 fully saturated rings. The van der Waals surface area contributed by atoms with Gasteiger partial charge in [0.2, 0.25) is 0 Å². The number of carbonyl (C=O) groups excluding carboxylic acids is 1. The summed E-state index contributed by atoms with van der Waals surface area (Å²) in [7, 11) is 0. The van der Waals surface area contributed by atoms with Crippen molar-refractivity contribution in [1.82, 2.24) is 15.1 Å². The number of hydrogen-bond acceptors (Lipinski definition) is 5. The second kappa shape index (κ2) is 7.34. The number of carboxylic acids is 1. The molecule has 0 aliphatic heterocycles. The molecule has 1 aromatic carbocycles. The molecule has 1 atom stereocenters. The first-order valence-electron chi connectivity index (χ1n) is 7.98. The molecule has 9 nitrogen and oxygen atoms in total. The number of amides is 1. The van der Waals surface area contributed by atoms with E-state index in [2.05, 4.69) is 10.4 Å². The fraction of sp³-hybridized carbons (Fsp3) is 0.353. The number of carboxylic acid groups (broad SMARTS) is 1. The van der Waals surface area contributed by atoms with Crippen LogP contribution in [0.15, 0.2) is 36.5 Å². The summed E-state index contributed by atoms with van der Waals surface area (Å²) in [6, 6.07) is 7.47. The Morgan fingerprint density at radius 1 is 1.35 bits per heavy atom. The number of aliphatic carboxylic acids is 1. The van der Waals surface area contributed by atoms with Crippen molar-refractivity contribution in [3.05, 3.63) is 52.3 Å². The zero-order chi connectivity index (χ0) is 19.5. The van der Waals surface area contributed by atoms with E-state index in [0.717, 1.165) is 0 Å². The van der Waals surface area contributed by atoms with Crippen LogP contribution in [0.25, 0.3) is 5.69 Å². The molecule has 1 unspecified atom stereocenters. The van der Waals surface area contributed by atoms with Gasteiger partial charge in [-0.05, 0) is 25.0 Å². The summed E-state index contributed by atoms with van der Waals surface area (Å²) >= 11 is 0. The number of benzene rings is 1. The zero-order valence-electron chi connectivity index (χ0n) is 14.7. The SMILES string of the molecule is CC(C)C(C)(CC(=O)O)NC(=O)c1ccn(-c2ccccc2[N+](=O)[O-])n1. The van der Waals surface area contributed by atoms with Gasteiger partial charge in [-0.15, -0.1) is 0 Å². The number of nitrogens with zero attached hydrogens (tertiary/aromatic N) is 3. The third-order valence-electron chi connectivity index (χ3n) is 4.34. The lowest BCUT2D eigenvalue weighted by atomic mass is 9.85. The van der Waals surface area contributed by atoms with Gasteiger partial charge in [0.25, 0.3) is 11.6 Å². The predicted molar refractivity (Wildman–Crippen MR) is 93.2 cm³/mol. The maximum Gasteiger partial charge on any atom is 0.305 e. The average Bonchev–Trinajstić information content (AvgIpc) is 3.03. The number of carbonyl (C=O) groups is 2. The molecular formula is C17H20N4O5. The van der Waals surface area contributed by atoms with Gasteiger partial charge in [0.1, 0.15) is 5.69 Å². The smallest absolute Gasteiger partial charge is 0.305 e. The molecular weight excluding hydrogens is 340 g/mol. The van der Waals surface area contributed by atoms with Crippen molar-refractivity contribution in [3.8, 4) is 5.69 Å². The third-order valence-corrected chi connectivity index (χ3v) is 4.34. The topological polar surface area (TPSA) is 127 Å². The minimum atomic E-state index is -1.02. The maximum atomic E-state index is 12.5. The Morgan fingerprint density at radius 2 is 2.00 bits per heavy atom. The molecule has 1 amide bonds. The molecule has 2 aromatic rings. The molecule has 1 aromatic heterocycles. The standard InChI is InChI=1S/C17H20N4O5/c1-11(2)17(3,10-15(22)23)18-16(24)12-8-9-20(19-12)13-6-4-5-7-14(13)21(25)26/h4-9,11H,10H2,1-3H3,(H,18,24)(H,22,23). The number of para-hydroxylation sites is 2. The lowest BCUT2D eigenvalue weighted by Crippen LogP contribution is -2.51. The van der Waals surface area contributed by atoms with E-state index in [1.54, 1.807) is 19.1 Å². The van der Waals surface area contributed by atoms with Crippen LogP contribution in [0.4, 0.5) is 5.69 Å².